The molecule has 0 fully saturated rings. The highest BCUT2D eigenvalue weighted by Crippen LogP contribution is 2.34. The third kappa shape index (κ3) is 4.52. The van der Waals surface area contributed by atoms with Crippen molar-refractivity contribution in [3.05, 3.63) is 29.8 Å². The second kappa shape index (κ2) is 8.31. The molecule has 2 heteroatoms. The first-order valence-corrected chi connectivity index (χ1v) is 8.32. The quantitative estimate of drug-likeness (QED) is 0.679. The van der Waals surface area contributed by atoms with Gasteiger partial charge in [-0.3, -0.25) is 0 Å². The molecule has 0 saturated heterocycles. The fraction of sp³-hybridized carbons (Fsp3) is 0.667. The first kappa shape index (κ1) is 15.4. The molecule has 1 aromatic rings. The molecule has 0 aliphatic carbocycles. The van der Waals surface area contributed by atoms with Crippen LogP contribution >= 0.6 is 0 Å². The lowest BCUT2D eigenvalue weighted by Crippen LogP contribution is -2.29. The number of benzene rings is 1. The predicted octanol–water partition coefficient (Wildman–Crippen LogP) is 4.98. The summed E-state index contributed by atoms with van der Waals surface area (Å²) in [4.78, 5) is 0. The van der Waals surface area contributed by atoms with E-state index >= 15 is 0 Å². The largest absolute Gasteiger partial charge is 0.490 e. The minimum atomic E-state index is 0.148. The Kier molecular flexibility index (Phi) is 6.38. The van der Waals surface area contributed by atoms with Gasteiger partial charge in [0, 0.05) is 18.0 Å². The van der Waals surface area contributed by atoms with Crippen molar-refractivity contribution in [3.8, 4) is 5.75 Å². The summed E-state index contributed by atoms with van der Waals surface area (Å²) in [5, 5.41) is 0. The van der Waals surface area contributed by atoms with Crippen LogP contribution in [0.15, 0.2) is 24.3 Å². The first-order valence-electron chi connectivity index (χ1n) is 8.32. The number of para-hydroxylation sites is 1. The topological polar surface area (TPSA) is 35.2 Å². The maximum absolute atomic E-state index is 6.24. The van der Waals surface area contributed by atoms with E-state index in [-0.39, 0.29) is 6.04 Å². The SMILES string of the molecule is CCCCCCCCCC1CC(N)c2ccccc2O1. The average molecular weight is 275 g/mol. The van der Waals surface area contributed by atoms with Gasteiger partial charge in [-0.15, -0.1) is 0 Å². The molecule has 2 N–H and O–H groups in total. The summed E-state index contributed by atoms with van der Waals surface area (Å²) in [5.41, 5.74) is 7.41. The summed E-state index contributed by atoms with van der Waals surface area (Å²) in [7, 11) is 0. The van der Waals surface area contributed by atoms with Crippen molar-refractivity contribution in [3.63, 3.8) is 0 Å². The predicted molar refractivity (Wildman–Crippen MR) is 85.0 cm³/mol. The van der Waals surface area contributed by atoms with Gasteiger partial charge in [-0.2, -0.15) is 0 Å². The van der Waals surface area contributed by atoms with Crippen LogP contribution in [0, 0.1) is 0 Å². The third-order valence-electron chi connectivity index (χ3n) is 4.26. The highest BCUT2D eigenvalue weighted by atomic mass is 16.5. The van der Waals surface area contributed by atoms with Crippen molar-refractivity contribution in [2.24, 2.45) is 5.73 Å². The number of hydrogen-bond acceptors (Lipinski definition) is 2. The van der Waals surface area contributed by atoms with Gasteiger partial charge in [0.1, 0.15) is 11.9 Å². The molecule has 0 saturated carbocycles. The van der Waals surface area contributed by atoms with Gasteiger partial charge in [-0.05, 0) is 18.9 Å². The Balaban J connectivity index is 1.66. The molecule has 2 unspecified atom stereocenters. The van der Waals surface area contributed by atoms with Crippen LogP contribution in [0.5, 0.6) is 5.75 Å². The highest BCUT2D eigenvalue weighted by molar-refractivity contribution is 5.37. The molecule has 0 bridgehead atoms. The van der Waals surface area contributed by atoms with E-state index in [0.717, 1.165) is 18.6 Å². The van der Waals surface area contributed by atoms with Crippen molar-refractivity contribution in [1.82, 2.24) is 0 Å². The van der Waals surface area contributed by atoms with E-state index in [1.165, 1.54) is 50.5 Å². The van der Waals surface area contributed by atoms with Crippen LogP contribution in [0.25, 0.3) is 0 Å². The molecule has 2 atom stereocenters. The fourth-order valence-corrected chi connectivity index (χ4v) is 3.04. The zero-order valence-corrected chi connectivity index (χ0v) is 12.8. The molecule has 1 aliphatic rings. The molecule has 2 nitrogen and oxygen atoms in total. The van der Waals surface area contributed by atoms with Crippen LogP contribution < -0.4 is 10.5 Å². The summed E-state index contributed by atoms with van der Waals surface area (Å²) in [6, 6.07) is 8.35. The number of rotatable bonds is 8. The Morgan fingerprint density at radius 1 is 1.05 bits per heavy atom. The van der Waals surface area contributed by atoms with E-state index in [2.05, 4.69) is 13.0 Å². The lowest BCUT2D eigenvalue weighted by Gasteiger charge is -2.30. The highest BCUT2D eigenvalue weighted by Gasteiger charge is 2.24. The average Bonchev–Trinajstić information content (AvgIpc) is 2.46. The maximum Gasteiger partial charge on any atom is 0.124 e. The Morgan fingerprint density at radius 3 is 2.55 bits per heavy atom. The van der Waals surface area contributed by atoms with Crippen molar-refractivity contribution in [2.75, 3.05) is 0 Å². The van der Waals surface area contributed by atoms with E-state index in [9.17, 15) is 0 Å². The summed E-state index contributed by atoms with van der Waals surface area (Å²) in [5.74, 6) is 0.999. The lowest BCUT2D eigenvalue weighted by molar-refractivity contribution is 0.146. The van der Waals surface area contributed by atoms with E-state index < -0.39 is 0 Å². The normalized spacial score (nSPS) is 21.3. The maximum atomic E-state index is 6.24. The summed E-state index contributed by atoms with van der Waals surface area (Å²) < 4.78 is 6.07. The standard InChI is InChI=1S/C18H29NO/c1-2-3-4-5-6-7-8-11-15-14-17(19)16-12-9-10-13-18(16)20-15/h9-10,12-13,15,17H,2-8,11,14,19H2,1H3. The monoisotopic (exact) mass is 275 g/mol. The number of fused-ring (bicyclic) bond motifs is 1. The van der Waals surface area contributed by atoms with Crippen molar-refractivity contribution in [1.29, 1.82) is 0 Å². The van der Waals surface area contributed by atoms with E-state index in [4.69, 9.17) is 10.5 Å². The van der Waals surface area contributed by atoms with Crippen molar-refractivity contribution in [2.45, 2.75) is 76.9 Å². The summed E-state index contributed by atoms with van der Waals surface area (Å²) >= 11 is 0. The molecule has 20 heavy (non-hydrogen) atoms. The Morgan fingerprint density at radius 2 is 1.75 bits per heavy atom. The van der Waals surface area contributed by atoms with Gasteiger partial charge in [-0.25, -0.2) is 0 Å². The van der Waals surface area contributed by atoms with Crippen LogP contribution in [-0.4, -0.2) is 6.10 Å². The van der Waals surface area contributed by atoms with Crippen LogP contribution in [0.1, 0.15) is 76.3 Å². The Bertz CT molecular complexity index is 391. The van der Waals surface area contributed by atoms with Crippen molar-refractivity contribution < 1.29 is 4.74 Å². The molecule has 0 amide bonds. The second-order valence-electron chi connectivity index (χ2n) is 6.03. The summed E-state index contributed by atoms with van der Waals surface area (Å²) in [6.45, 7) is 2.27. The molecule has 1 aromatic carbocycles. The van der Waals surface area contributed by atoms with Gasteiger partial charge in [0.2, 0.25) is 0 Å². The molecular formula is C18H29NO. The van der Waals surface area contributed by atoms with Gasteiger partial charge in [-0.1, -0.05) is 63.6 Å². The molecule has 112 valence electrons. The zero-order valence-electron chi connectivity index (χ0n) is 12.8. The Labute approximate surface area is 123 Å². The minimum absolute atomic E-state index is 0.148. The molecule has 0 radical (unpaired) electrons. The fourth-order valence-electron chi connectivity index (χ4n) is 3.04. The van der Waals surface area contributed by atoms with Gasteiger partial charge in [0.25, 0.3) is 0 Å². The lowest BCUT2D eigenvalue weighted by atomic mass is 9.94. The second-order valence-corrected chi connectivity index (χ2v) is 6.03. The van der Waals surface area contributed by atoms with Crippen molar-refractivity contribution >= 4 is 0 Å². The molecule has 1 aliphatic heterocycles. The Hall–Kier alpha value is -1.02. The van der Waals surface area contributed by atoms with E-state index in [0.29, 0.717) is 6.10 Å². The smallest absolute Gasteiger partial charge is 0.124 e. The molecule has 1 heterocycles. The van der Waals surface area contributed by atoms with Crippen LogP contribution in [0.3, 0.4) is 0 Å². The van der Waals surface area contributed by atoms with E-state index in [1.54, 1.807) is 0 Å². The zero-order chi connectivity index (χ0) is 14.2. The molecule has 2 rings (SSSR count). The minimum Gasteiger partial charge on any atom is -0.490 e. The molecule has 0 spiro atoms. The number of unbranched alkanes of at least 4 members (excludes halogenated alkanes) is 6. The number of ether oxygens (including phenoxy) is 1. The molecule has 0 aromatic heterocycles. The number of hydrogen-bond donors (Lipinski definition) is 1. The number of nitrogens with two attached hydrogens (primary N) is 1. The summed E-state index contributed by atoms with van der Waals surface area (Å²) in [6.07, 6.45) is 11.9. The van der Waals surface area contributed by atoms with Gasteiger partial charge < -0.3 is 10.5 Å². The molecular weight excluding hydrogens is 246 g/mol. The third-order valence-corrected chi connectivity index (χ3v) is 4.26. The van der Waals surface area contributed by atoms with Crippen LogP contribution in [0.4, 0.5) is 0 Å². The first-order chi connectivity index (χ1) is 9.81. The van der Waals surface area contributed by atoms with Gasteiger partial charge in [0.15, 0.2) is 0 Å². The van der Waals surface area contributed by atoms with Gasteiger partial charge in [0.05, 0.1) is 0 Å². The van der Waals surface area contributed by atoms with E-state index in [1.807, 2.05) is 18.2 Å². The van der Waals surface area contributed by atoms with Gasteiger partial charge >= 0.3 is 0 Å². The van der Waals surface area contributed by atoms with Crippen LogP contribution in [0.2, 0.25) is 0 Å². The van der Waals surface area contributed by atoms with Crippen LogP contribution in [-0.2, 0) is 0 Å².